The lowest BCUT2D eigenvalue weighted by Gasteiger charge is -2.37. The van der Waals surface area contributed by atoms with Gasteiger partial charge in [-0.2, -0.15) is 0 Å². The minimum Gasteiger partial charge on any atom is -0.446 e. The van der Waals surface area contributed by atoms with Gasteiger partial charge in [-0.25, -0.2) is 9.69 Å². The van der Waals surface area contributed by atoms with Crippen LogP contribution in [-0.4, -0.2) is 84.4 Å². The molecule has 0 saturated carbocycles. The number of imide groups is 1. The van der Waals surface area contributed by atoms with E-state index in [4.69, 9.17) is 24.1 Å². The molecule has 2 heterocycles. The van der Waals surface area contributed by atoms with Crippen molar-refractivity contribution >= 4 is 33.7 Å². The van der Waals surface area contributed by atoms with E-state index in [0.717, 1.165) is 10.5 Å². The van der Waals surface area contributed by atoms with Gasteiger partial charge in [0.05, 0.1) is 36.8 Å². The maximum absolute atomic E-state index is 13.3. The molecule has 1 aromatic rings. The van der Waals surface area contributed by atoms with Crippen LogP contribution in [0.4, 0.5) is 4.79 Å². The minimum atomic E-state index is -1.83. The monoisotopic (exact) mass is 555 g/mol. The summed E-state index contributed by atoms with van der Waals surface area (Å²) >= 11 is 3.20. The number of ketones is 1. The highest BCUT2D eigenvalue weighted by Gasteiger charge is 2.48. The number of carbonyl (C=O) groups excluding carboxylic acids is 3. The second-order valence-corrected chi connectivity index (χ2v) is 9.12. The Kier molecular flexibility index (Phi) is 9.96. The van der Waals surface area contributed by atoms with Crippen molar-refractivity contribution in [3.8, 4) is 0 Å². The van der Waals surface area contributed by atoms with E-state index in [-0.39, 0.29) is 30.7 Å². The number of aliphatic hydroxyl groups excluding tert-OH is 1. The molecule has 0 unspecified atom stereocenters. The van der Waals surface area contributed by atoms with Crippen LogP contribution >= 0.6 is 15.9 Å². The van der Waals surface area contributed by atoms with Gasteiger partial charge in [-0.3, -0.25) is 9.59 Å². The summed E-state index contributed by atoms with van der Waals surface area (Å²) in [6.45, 7) is 2.66. The van der Waals surface area contributed by atoms with Crippen molar-refractivity contribution in [1.82, 2.24) is 4.90 Å². The van der Waals surface area contributed by atoms with Crippen molar-refractivity contribution < 1.29 is 43.5 Å². The zero-order chi connectivity index (χ0) is 25.4. The molecule has 2 N–H and O–H groups in total. The van der Waals surface area contributed by atoms with E-state index in [9.17, 15) is 19.5 Å². The second-order valence-electron chi connectivity index (χ2n) is 8.27. The molecule has 1 aromatic carbocycles. The average Bonchev–Trinajstić information content (AvgIpc) is 3.24. The van der Waals surface area contributed by atoms with Gasteiger partial charge < -0.3 is 29.2 Å². The third-order valence-electron chi connectivity index (χ3n) is 5.79. The lowest BCUT2D eigenvalue weighted by molar-refractivity contribution is -0.217. The molecule has 0 radical (unpaired) electrons. The molecule has 1 saturated heterocycles. The van der Waals surface area contributed by atoms with Crippen molar-refractivity contribution in [2.75, 3.05) is 39.6 Å². The molecule has 2 aliphatic heterocycles. The molecule has 192 valence electrons. The van der Waals surface area contributed by atoms with E-state index in [1.54, 1.807) is 24.3 Å². The number of benzene rings is 1. The quantitative estimate of drug-likeness (QED) is 0.372. The van der Waals surface area contributed by atoms with Gasteiger partial charge in [0, 0.05) is 13.0 Å². The van der Waals surface area contributed by atoms with Gasteiger partial charge in [-0.15, -0.1) is 0 Å². The van der Waals surface area contributed by atoms with Gasteiger partial charge in [0.15, 0.2) is 11.6 Å². The molecule has 11 heteroatoms. The Morgan fingerprint density at radius 1 is 1.20 bits per heavy atom. The maximum atomic E-state index is 13.3. The first-order valence-electron chi connectivity index (χ1n) is 11.4. The molecular formula is C24H30BrNO9. The van der Waals surface area contributed by atoms with E-state index < -0.39 is 41.6 Å². The number of carbonyl (C=O) groups is 3. The predicted octanol–water partition coefficient (Wildman–Crippen LogP) is 2.08. The number of nitrogens with zero attached hydrogens (tertiary/aromatic N) is 1. The number of halogens is 1. The summed E-state index contributed by atoms with van der Waals surface area (Å²) in [5.74, 6) is -4.00. The molecule has 0 aliphatic carbocycles. The van der Waals surface area contributed by atoms with Crippen molar-refractivity contribution in [2.24, 2.45) is 5.92 Å². The normalized spacial score (nSPS) is 25.4. The summed E-state index contributed by atoms with van der Waals surface area (Å²) in [5, 5.41) is 19.7. The van der Waals surface area contributed by atoms with E-state index >= 15 is 0 Å². The molecule has 0 bridgehead atoms. The van der Waals surface area contributed by atoms with Crippen LogP contribution in [0.2, 0.25) is 0 Å². The number of amides is 2. The molecule has 2 aliphatic rings. The third kappa shape index (κ3) is 6.75. The highest BCUT2D eigenvalue weighted by atomic mass is 79.9. The summed E-state index contributed by atoms with van der Waals surface area (Å²) < 4.78 is 21.6. The first-order chi connectivity index (χ1) is 16.8. The second kappa shape index (κ2) is 12.7. The number of rotatable bonds is 12. The maximum Gasteiger partial charge on any atom is 0.417 e. The molecule has 35 heavy (non-hydrogen) atoms. The predicted molar refractivity (Wildman–Crippen MR) is 126 cm³/mol. The molecule has 0 aromatic heterocycles. The summed E-state index contributed by atoms with van der Waals surface area (Å²) in [6, 6.07) is 8.39. The van der Waals surface area contributed by atoms with Crippen LogP contribution in [0.3, 0.4) is 0 Å². The van der Waals surface area contributed by atoms with Gasteiger partial charge in [0.25, 0.3) is 0 Å². The van der Waals surface area contributed by atoms with Crippen LogP contribution in [0.5, 0.6) is 0 Å². The third-order valence-corrected chi connectivity index (χ3v) is 6.64. The van der Waals surface area contributed by atoms with E-state index in [1.807, 2.05) is 6.07 Å². The van der Waals surface area contributed by atoms with Crippen molar-refractivity contribution in [1.29, 1.82) is 0 Å². The summed E-state index contributed by atoms with van der Waals surface area (Å²) in [5.41, 5.74) is 0.732. The fourth-order valence-corrected chi connectivity index (χ4v) is 4.42. The summed E-state index contributed by atoms with van der Waals surface area (Å²) in [4.78, 5) is 39.4. The van der Waals surface area contributed by atoms with Crippen LogP contribution in [0, 0.1) is 5.92 Å². The number of hydrogen-bond acceptors (Lipinski definition) is 9. The van der Waals surface area contributed by atoms with Gasteiger partial charge in [0.1, 0.15) is 18.8 Å². The van der Waals surface area contributed by atoms with Gasteiger partial charge in [0.2, 0.25) is 5.91 Å². The molecule has 4 atom stereocenters. The highest BCUT2D eigenvalue weighted by molar-refractivity contribution is 9.11. The Labute approximate surface area is 211 Å². The highest BCUT2D eigenvalue weighted by Crippen LogP contribution is 2.37. The Morgan fingerprint density at radius 3 is 2.57 bits per heavy atom. The van der Waals surface area contributed by atoms with Gasteiger partial charge >= 0.3 is 6.09 Å². The zero-order valence-corrected chi connectivity index (χ0v) is 21.0. The Morgan fingerprint density at radius 2 is 1.89 bits per heavy atom. The number of aliphatic hydroxyl groups is 2. The number of cyclic esters (lactones) is 1. The van der Waals surface area contributed by atoms with Gasteiger partial charge in [-0.05, 0) is 34.0 Å². The van der Waals surface area contributed by atoms with E-state index in [0.29, 0.717) is 26.2 Å². The lowest BCUT2D eigenvalue weighted by Crippen LogP contribution is -2.51. The molecule has 2 amide bonds. The average molecular weight is 556 g/mol. The van der Waals surface area contributed by atoms with Crippen LogP contribution < -0.4 is 0 Å². The van der Waals surface area contributed by atoms with Crippen LogP contribution in [0.15, 0.2) is 40.9 Å². The lowest BCUT2D eigenvalue weighted by atomic mass is 9.93. The summed E-state index contributed by atoms with van der Waals surface area (Å²) in [6.07, 6.45) is -0.363. The molecule has 0 spiro atoms. The standard InChI is InChI=1S/C24H30BrNO9/c1-16(22(29)26-18(15-34-23(26)30)17-6-3-2-4-7-17)21-19(28)14-20(25)24(31,35-21)8-5-10-32-12-13-33-11-9-27/h2-4,6-7,14,16,18,21,27,31H,5,8-13,15H2,1H3/t16-,18+,21-,24+/m0/s1. The number of ether oxygens (including phenoxy) is 4. The number of hydrogen-bond donors (Lipinski definition) is 2. The van der Waals surface area contributed by atoms with Crippen LogP contribution in [0.1, 0.15) is 31.4 Å². The summed E-state index contributed by atoms with van der Waals surface area (Å²) in [7, 11) is 0. The Hall–Kier alpha value is -2.15. The molecule has 1 fully saturated rings. The van der Waals surface area contributed by atoms with E-state index in [2.05, 4.69) is 15.9 Å². The fraction of sp³-hybridized carbons (Fsp3) is 0.542. The fourth-order valence-electron chi connectivity index (χ4n) is 3.91. The zero-order valence-electron chi connectivity index (χ0n) is 19.4. The topological polar surface area (TPSA) is 132 Å². The van der Waals surface area contributed by atoms with Gasteiger partial charge in [-0.1, -0.05) is 37.3 Å². The molecule has 10 nitrogen and oxygen atoms in total. The molecule has 3 rings (SSSR count). The minimum absolute atomic E-state index is 0.0151. The van der Waals surface area contributed by atoms with Crippen LogP contribution in [-0.2, 0) is 28.5 Å². The first kappa shape index (κ1) is 27.4. The SMILES string of the molecule is C[C@H](C(=O)N1C(=O)OC[C@@H]1c1ccccc1)[C@@H]1O[C@](O)(CCCOCCOCCO)C(Br)=CC1=O. The van der Waals surface area contributed by atoms with Crippen molar-refractivity contribution in [3.63, 3.8) is 0 Å². The Balaban J connectivity index is 1.62. The first-order valence-corrected chi connectivity index (χ1v) is 12.2. The smallest absolute Gasteiger partial charge is 0.417 e. The van der Waals surface area contributed by atoms with E-state index in [1.165, 1.54) is 13.0 Å². The molecular weight excluding hydrogens is 526 g/mol. The van der Waals surface area contributed by atoms with Crippen molar-refractivity contribution in [2.45, 2.75) is 37.7 Å². The van der Waals surface area contributed by atoms with Crippen LogP contribution in [0.25, 0.3) is 0 Å². The Bertz CT molecular complexity index is 925. The van der Waals surface area contributed by atoms with Crippen molar-refractivity contribution in [3.05, 3.63) is 46.5 Å². The largest absolute Gasteiger partial charge is 0.446 e.